The molecule has 0 aliphatic rings. The number of amides is 1. The van der Waals surface area contributed by atoms with E-state index in [-0.39, 0.29) is 6.54 Å². The van der Waals surface area contributed by atoms with Crippen LogP contribution in [0.5, 0.6) is 5.75 Å². The second kappa shape index (κ2) is 7.76. The molecule has 2 aromatic heterocycles. The summed E-state index contributed by atoms with van der Waals surface area (Å²) in [5.41, 5.74) is 1.95. The second-order valence-corrected chi connectivity index (χ2v) is 6.62. The van der Waals surface area contributed by atoms with E-state index in [4.69, 9.17) is 16.3 Å². The average Bonchev–Trinajstić information content (AvgIpc) is 3.16. The molecule has 1 N–H and O–H groups in total. The fourth-order valence-electron chi connectivity index (χ4n) is 2.88. The second-order valence-electron chi connectivity index (χ2n) is 6.22. The molecule has 1 amide bonds. The van der Waals surface area contributed by atoms with Crippen molar-refractivity contribution in [3.63, 3.8) is 0 Å². The molecule has 29 heavy (non-hydrogen) atoms. The number of carbonyl (C=O) groups excluding carboxylic acids is 1. The topological polar surface area (TPSA) is 90.5 Å². The average molecular weight is 410 g/mol. The molecule has 9 heteroatoms. The molecule has 8 nitrogen and oxygen atoms in total. The first-order valence-electron chi connectivity index (χ1n) is 8.69. The third kappa shape index (κ3) is 3.83. The zero-order chi connectivity index (χ0) is 20.4. The fraction of sp³-hybridized carbons (Fsp3) is 0.100. The maximum atomic E-state index is 12.7. The number of ether oxygens (including phenoxy) is 1. The summed E-state index contributed by atoms with van der Waals surface area (Å²) in [6.07, 6.45) is 1.40. The summed E-state index contributed by atoms with van der Waals surface area (Å²) >= 11 is 6.06. The van der Waals surface area contributed by atoms with Gasteiger partial charge in [-0.2, -0.15) is 10.2 Å². The van der Waals surface area contributed by atoms with Gasteiger partial charge in [0.15, 0.2) is 0 Å². The Morgan fingerprint density at radius 1 is 1.17 bits per heavy atom. The lowest BCUT2D eigenvalue weighted by molar-refractivity contribution is -0.117. The van der Waals surface area contributed by atoms with E-state index in [9.17, 15) is 9.59 Å². The molecule has 0 saturated heterocycles. The van der Waals surface area contributed by atoms with Gasteiger partial charge in [-0.05, 0) is 24.3 Å². The Hall–Kier alpha value is -3.65. The quantitative estimate of drug-likeness (QED) is 0.547. The van der Waals surface area contributed by atoms with Crippen LogP contribution >= 0.6 is 11.6 Å². The van der Waals surface area contributed by atoms with E-state index in [2.05, 4.69) is 15.5 Å². The van der Waals surface area contributed by atoms with E-state index in [1.54, 1.807) is 24.3 Å². The number of halogens is 1. The van der Waals surface area contributed by atoms with Gasteiger partial charge in [-0.1, -0.05) is 41.9 Å². The fourth-order valence-corrected chi connectivity index (χ4v) is 3.14. The number of nitrogens with zero attached hydrogens (tertiary/aromatic N) is 4. The van der Waals surface area contributed by atoms with Gasteiger partial charge >= 0.3 is 0 Å². The molecule has 0 aliphatic carbocycles. The van der Waals surface area contributed by atoms with Gasteiger partial charge in [0.25, 0.3) is 5.56 Å². The molecular formula is C20H16ClN5O3. The van der Waals surface area contributed by atoms with Crippen molar-refractivity contribution >= 4 is 28.7 Å². The van der Waals surface area contributed by atoms with Crippen molar-refractivity contribution in [3.05, 3.63) is 76.3 Å². The first-order chi connectivity index (χ1) is 14.0. The molecule has 0 spiro atoms. The molecule has 2 aromatic carbocycles. The number of hydrogen-bond donors (Lipinski definition) is 1. The van der Waals surface area contributed by atoms with Crippen LogP contribution in [0, 0.1) is 0 Å². The lowest BCUT2D eigenvalue weighted by Crippen LogP contribution is -2.30. The summed E-state index contributed by atoms with van der Waals surface area (Å²) in [5.74, 6) is 0.0935. The van der Waals surface area contributed by atoms with E-state index in [1.807, 2.05) is 30.3 Å². The third-order valence-corrected chi connectivity index (χ3v) is 4.58. The maximum Gasteiger partial charge on any atom is 0.293 e. The number of nitrogens with one attached hydrogen (secondary N) is 1. The number of rotatable bonds is 5. The van der Waals surface area contributed by atoms with Gasteiger partial charge in [0.05, 0.1) is 17.8 Å². The minimum Gasteiger partial charge on any atom is -0.495 e. The van der Waals surface area contributed by atoms with Gasteiger partial charge in [0.2, 0.25) is 5.91 Å². The summed E-state index contributed by atoms with van der Waals surface area (Å²) in [5, 5.41) is 11.5. The van der Waals surface area contributed by atoms with Crippen LogP contribution in [0.4, 0.5) is 5.69 Å². The van der Waals surface area contributed by atoms with Crippen LogP contribution in [0.1, 0.15) is 0 Å². The van der Waals surface area contributed by atoms with Crippen LogP contribution < -0.4 is 15.6 Å². The van der Waals surface area contributed by atoms with Crippen molar-refractivity contribution in [1.29, 1.82) is 0 Å². The van der Waals surface area contributed by atoms with Gasteiger partial charge in [0.1, 0.15) is 24.1 Å². The van der Waals surface area contributed by atoms with E-state index in [0.29, 0.717) is 27.7 Å². The summed E-state index contributed by atoms with van der Waals surface area (Å²) in [6.45, 7) is -0.245. The number of anilines is 1. The van der Waals surface area contributed by atoms with E-state index >= 15 is 0 Å². The molecule has 2 heterocycles. The largest absolute Gasteiger partial charge is 0.495 e. The normalized spacial score (nSPS) is 10.8. The molecule has 0 fully saturated rings. The van der Waals surface area contributed by atoms with Crippen molar-refractivity contribution in [2.75, 3.05) is 12.4 Å². The van der Waals surface area contributed by atoms with Crippen molar-refractivity contribution in [2.45, 2.75) is 6.54 Å². The highest BCUT2D eigenvalue weighted by Crippen LogP contribution is 2.27. The van der Waals surface area contributed by atoms with Crippen molar-refractivity contribution in [3.8, 4) is 17.0 Å². The number of aromatic nitrogens is 4. The smallest absolute Gasteiger partial charge is 0.293 e. The van der Waals surface area contributed by atoms with Gasteiger partial charge < -0.3 is 10.1 Å². The zero-order valence-electron chi connectivity index (χ0n) is 15.4. The van der Waals surface area contributed by atoms with Crippen LogP contribution in [0.3, 0.4) is 0 Å². The number of methoxy groups -OCH3 is 1. The number of hydrogen-bond acceptors (Lipinski definition) is 5. The Balaban J connectivity index is 1.56. The first-order valence-corrected chi connectivity index (χ1v) is 9.07. The number of fused-ring (bicyclic) bond motifs is 1. The molecule has 146 valence electrons. The monoisotopic (exact) mass is 409 g/mol. The Bertz CT molecular complexity index is 1250. The van der Waals surface area contributed by atoms with E-state index in [0.717, 1.165) is 10.2 Å². The van der Waals surface area contributed by atoms with Crippen molar-refractivity contribution < 1.29 is 9.53 Å². The van der Waals surface area contributed by atoms with Crippen molar-refractivity contribution in [1.82, 2.24) is 19.4 Å². The van der Waals surface area contributed by atoms with Crippen LogP contribution in [0.25, 0.3) is 16.8 Å². The summed E-state index contributed by atoms with van der Waals surface area (Å²) in [6, 6.07) is 16.1. The number of benzene rings is 2. The third-order valence-electron chi connectivity index (χ3n) is 4.29. The molecule has 4 aromatic rings. The first kappa shape index (κ1) is 18.7. The van der Waals surface area contributed by atoms with Gasteiger partial charge in [-0.3, -0.25) is 9.59 Å². The molecular weight excluding hydrogens is 394 g/mol. The molecule has 0 unspecified atom stereocenters. The number of carbonyl (C=O) groups is 1. The van der Waals surface area contributed by atoms with Crippen LogP contribution in [0.2, 0.25) is 5.02 Å². The predicted molar refractivity (Wildman–Crippen MR) is 109 cm³/mol. The molecule has 0 atom stereocenters. The van der Waals surface area contributed by atoms with Crippen LogP contribution in [-0.2, 0) is 11.3 Å². The van der Waals surface area contributed by atoms with Gasteiger partial charge in [-0.25, -0.2) is 9.20 Å². The van der Waals surface area contributed by atoms with Crippen LogP contribution in [0.15, 0.2) is 65.7 Å². The Morgan fingerprint density at radius 3 is 2.69 bits per heavy atom. The summed E-state index contributed by atoms with van der Waals surface area (Å²) in [4.78, 5) is 25.1. The Morgan fingerprint density at radius 2 is 1.97 bits per heavy atom. The Kier molecular flexibility index (Phi) is 5.01. The Labute approximate surface area is 170 Å². The maximum absolute atomic E-state index is 12.7. The van der Waals surface area contributed by atoms with E-state index < -0.39 is 11.5 Å². The minimum absolute atomic E-state index is 0.245. The predicted octanol–water partition coefficient (Wildman–Crippen LogP) is 2.86. The highest BCUT2D eigenvalue weighted by atomic mass is 35.5. The van der Waals surface area contributed by atoms with E-state index in [1.165, 1.54) is 18.0 Å². The molecule has 0 saturated carbocycles. The SMILES string of the molecule is COc1ccc(NC(=O)Cn2ncn3nc(-c4ccccc4)cc3c2=O)cc1Cl. The molecule has 4 rings (SSSR count). The van der Waals surface area contributed by atoms with Crippen molar-refractivity contribution in [2.24, 2.45) is 0 Å². The molecule has 0 radical (unpaired) electrons. The summed E-state index contributed by atoms with van der Waals surface area (Å²) < 4.78 is 7.58. The van der Waals surface area contributed by atoms with Gasteiger partial charge in [-0.15, -0.1) is 0 Å². The zero-order valence-corrected chi connectivity index (χ0v) is 16.1. The molecule has 0 aliphatic heterocycles. The standard InChI is InChI=1S/C20H16ClN5O3/c1-29-18-8-7-14(9-15(18)21)23-19(27)11-25-20(28)17-10-16(24-26(17)12-22-25)13-5-3-2-4-6-13/h2-10,12H,11H2,1H3,(H,23,27). The van der Waals surface area contributed by atoms with Gasteiger partial charge in [0, 0.05) is 11.3 Å². The van der Waals surface area contributed by atoms with Crippen LogP contribution in [-0.4, -0.2) is 32.4 Å². The lowest BCUT2D eigenvalue weighted by Gasteiger charge is -2.08. The highest BCUT2D eigenvalue weighted by molar-refractivity contribution is 6.32. The summed E-state index contributed by atoms with van der Waals surface area (Å²) in [7, 11) is 1.51. The molecule has 0 bridgehead atoms. The lowest BCUT2D eigenvalue weighted by atomic mass is 10.1. The highest BCUT2D eigenvalue weighted by Gasteiger charge is 2.13. The minimum atomic E-state index is -0.412.